The summed E-state index contributed by atoms with van der Waals surface area (Å²) in [5.41, 5.74) is 1.78. The van der Waals surface area contributed by atoms with Gasteiger partial charge in [-0.2, -0.15) is 5.10 Å². The van der Waals surface area contributed by atoms with Crippen LogP contribution >= 0.6 is 0 Å². The molecular weight excluding hydrogens is 256 g/mol. The number of ether oxygens (including phenoxy) is 1. The third-order valence-electron chi connectivity index (χ3n) is 3.21. The smallest absolute Gasteiger partial charge is 0.307 e. The first kappa shape index (κ1) is 14.1. The molecule has 5 nitrogen and oxygen atoms in total. The fourth-order valence-corrected chi connectivity index (χ4v) is 2.12. The van der Waals surface area contributed by atoms with Gasteiger partial charge in [0.25, 0.3) is 0 Å². The van der Waals surface area contributed by atoms with E-state index in [2.05, 4.69) is 5.10 Å². The van der Waals surface area contributed by atoms with E-state index in [1.807, 2.05) is 43.6 Å². The summed E-state index contributed by atoms with van der Waals surface area (Å²) in [6, 6.07) is 9.33. The SMILES string of the molecule is COc1ccc(CC(Cc2ccn(C)n2)C(=O)O)cc1. The third-order valence-corrected chi connectivity index (χ3v) is 3.21. The standard InChI is InChI=1S/C15H18N2O3/c1-17-8-7-13(16-17)10-12(15(18)19)9-11-3-5-14(20-2)6-4-11/h3-8,12H,9-10H2,1-2H3,(H,18,19). The maximum atomic E-state index is 11.4. The van der Waals surface area contributed by atoms with E-state index >= 15 is 0 Å². The van der Waals surface area contributed by atoms with Crippen molar-refractivity contribution < 1.29 is 14.6 Å². The zero-order valence-electron chi connectivity index (χ0n) is 11.6. The van der Waals surface area contributed by atoms with Crippen LogP contribution in [0.15, 0.2) is 36.5 Å². The lowest BCUT2D eigenvalue weighted by molar-refractivity contribution is -0.141. The van der Waals surface area contributed by atoms with Crippen molar-refractivity contribution in [2.45, 2.75) is 12.8 Å². The molecule has 2 rings (SSSR count). The third kappa shape index (κ3) is 3.60. The van der Waals surface area contributed by atoms with Gasteiger partial charge >= 0.3 is 5.97 Å². The van der Waals surface area contributed by atoms with Gasteiger partial charge in [0.2, 0.25) is 0 Å². The number of carbonyl (C=O) groups is 1. The number of hydrogen-bond acceptors (Lipinski definition) is 3. The van der Waals surface area contributed by atoms with Crippen LogP contribution in [0.5, 0.6) is 5.75 Å². The molecule has 0 bridgehead atoms. The number of rotatable bonds is 6. The van der Waals surface area contributed by atoms with Gasteiger partial charge in [0.15, 0.2) is 0 Å². The minimum atomic E-state index is -0.800. The summed E-state index contributed by atoms with van der Waals surface area (Å²) in [5, 5.41) is 13.6. The van der Waals surface area contributed by atoms with Crippen LogP contribution in [0.3, 0.4) is 0 Å². The highest BCUT2D eigenvalue weighted by Gasteiger charge is 2.19. The highest BCUT2D eigenvalue weighted by Crippen LogP contribution is 2.17. The van der Waals surface area contributed by atoms with Crippen LogP contribution in [-0.2, 0) is 24.7 Å². The van der Waals surface area contributed by atoms with Gasteiger partial charge in [0, 0.05) is 19.7 Å². The van der Waals surface area contributed by atoms with Crippen molar-refractivity contribution in [3.05, 3.63) is 47.8 Å². The zero-order chi connectivity index (χ0) is 14.5. The number of carboxylic acid groups (broad SMARTS) is 1. The van der Waals surface area contributed by atoms with Crippen molar-refractivity contribution in [2.75, 3.05) is 7.11 Å². The van der Waals surface area contributed by atoms with E-state index in [0.717, 1.165) is 17.0 Å². The number of hydrogen-bond donors (Lipinski definition) is 1. The molecule has 20 heavy (non-hydrogen) atoms. The van der Waals surface area contributed by atoms with E-state index in [4.69, 9.17) is 4.74 Å². The van der Waals surface area contributed by atoms with Crippen LogP contribution in [0.25, 0.3) is 0 Å². The summed E-state index contributed by atoms with van der Waals surface area (Å²) in [5.74, 6) is -0.505. The maximum Gasteiger partial charge on any atom is 0.307 e. The first-order chi connectivity index (χ1) is 9.58. The number of benzene rings is 1. The lowest BCUT2D eigenvalue weighted by atomic mass is 9.95. The molecule has 1 aromatic carbocycles. The molecule has 0 fully saturated rings. The van der Waals surface area contributed by atoms with Crippen molar-refractivity contribution in [1.29, 1.82) is 0 Å². The van der Waals surface area contributed by atoms with E-state index in [0.29, 0.717) is 12.8 Å². The van der Waals surface area contributed by atoms with Gasteiger partial charge < -0.3 is 9.84 Å². The Bertz CT molecular complexity index is 575. The van der Waals surface area contributed by atoms with Crippen molar-refractivity contribution >= 4 is 5.97 Å². The Morgan fingerprint density at radius 1 is 1.30 bits per heavy atom. The van der Waals surface area contributed by atoms with Crippen LogP contribution in [0.4, 0.5) is 0 Å². The molecule has 1 aromatic heterocycles. The van der Waals surface area contributed by atoms with Crippen molar-refractivity contribution in [2.24, 2.45) is 13.0 Å². The van der Waals surface area contributed by atoms with Crippen molar-refractivity contribution in [1.82, 2.24) is 9.78 Å². The molecule has 0 aliphatic rings. The monoisotopic (exact) mass is 274 g/mol. The summed E-state index contributed by atoms with van der Waals surface area (Å²) in [4.78, 5) is 11.4. The molecule has 0 amide bonds. The topological polar surface area (TPSA) is 64.4 Å². The van der Waals surface area contributed by atoms with E-state index in [1.165, 1.54) is 0 Å². The predicted molar refractivity (Wildman–Crippen MR) is 74.7 cm³/mol. The molecule has 1 unspecified atom stereocenters. The molecule has 2 aromatic rings. The molecule has 0 saturated heterocycles. The van der Waals surface area contributed by atoms with Crippen LogP contribution in [0, 0.1) is 5.92 Å². The fourth-order valence-electron chi connectivity index (χ4n) is 2.12. The second kappa shape index (κ2) is 6.23. The number of carboxylic acids is 1. The van der Waals surface area contributed by atoms with Crippen LogP contribution in [0.2, 0.25) is 0 Å². The Labute approximate surface area is 117 Å². The molecule has 0 radical (unpaired) electrons. The maximum absolute atomic E-state index is 11.4. The second-order valence-electron chi connectivity index (χ2n) is 4.77. The lowest BCUT2D eigenvalue weighted by Crippen LogP contribution is -2.19. The van der Waals surface area contributed by atoms with Crippen LogP contribution in [0.1, 0.15) is 11.3 Å². The molecule has 106 valence electrons. The van der Waals surface area contributed by atoms with E-state index in [1.54, 1.807) is 11.8 Å². The van der Waals surface area contributed by atoms with Crippen LogP contribution < -0.4 is 4.74 Å². The largest absolute Gasteiger partial charge is 0.497 e. The Balaban J connectivity index is 2.06. The fraction of sp³-hybridized carbons (Fsp3) is 0.333. The molecular formula is C15H18N2O3. The predicted octanol–water partition coefficient (Wildman–Crippen LogP) is 1.91. The van der Waals surface area contributed by atoms with Gasteiger partial charge in [0.05, 0.1) is 18.7 Å². The summed E-state index contributed by atoms with van der Waals surface area (Å²) < 4.78 is 6.77. The van der Waals surface area contributed by atoms with Gasteiger partial charge in [-0.15, -0.1) is 0 Å². The average Bonchev–Trinajstić information content (AvgIpc) is 2.84. The van der Waals surface area contributed by atoms with Crippen molar-refractivity contribution in [3.8, 4) is 5.75 Å². The number of methoxy groups -OCH3 is 1. The van der Waals surface area contributed by atoms with Gasteiger partial charge in [-0.25, -0.2) is 0 Å². The minimum absolute atomic E-state index is 0.433. The molecule has 0 aliphatic heterocycles. The quantitative estimate of drug-likeness (QED) is 0.874. The number of aromatic nitrogens is 2. The van der Waals surface area contributed by atoms with Crippen LogP contribution in [-0.4, -0.2) is 28.0 Å². The summed E-state index contributed by atoms with van der Waals surface area (Å²) in [6.07, 6.45) is 2.74. The van der Waals surface area contributed by atoms with Gasteiger partial charge in [-0.05, 0) is 30.2 Å². The summed E-state index contributed by atoms with van der Waals surface area (Å²) in [6.45, 7) is 0. The number of nitrogens with zero attached hydrogens (tertiary/aromatic N) is 2. The number of aliphatic carboxylic acids is 1. The molecule has 0 aliphatic carbocycles. The van der Waals surface area contributed by atoms with E-state index < -0.39 is 11.9 Å². The van der Waals surface area contributed by atoms with Gasteiger partial charge in [0.1, 0.15) is 5.75 Å². The molecule has 0 spiro atoms. The van der Waals surface area contributed by atoms with Gasteiger partial charge in [-0.1, -0.05) is 12.1 Å². The molecule has 5 heteroatoms. The van der Waals surface area contributed by atoms with E-state index in [-0.39, 0.29) is 0 Å². The van der Waals surface area contributed by atoms with Crippen molar-refractivity contribution in [3.63, 3.8) is 0 Å². The lowest BCUT2D eigenvalue weighted by Gasteiger charge is -2.11. The highest BCUT2D eigenvalue weighted by molar-refractivity contribution is 5.70. The summed E-state index contributed by atoms with van der Waals surface area (Å²) in [7, 11) is 3.43. The summed E-state index contributed by atoms with van der Waals surface area (Å²) >= 11 is 0. The normalized spacial score (nSPS) is 12.1. The second-order valence-corrected chi connectivity index (χ2v) is 4.77. The molecule has 0 saturated carbocycles. The highest BCUT2D eigenvalue weighted by atomic mass is 16.5. The average molecular weight is 274 g/mol. The zero-order valence-corrected chi connectivity index (χ0v) is 11.6. The van der Waals surface area contributed by atoms with Gasteiger partial charge in [-0.3, -0.25) is 9.48 Å². The minimum Gasteiger partial charge on any atom is -0.497 e. The first-order valence-corrected chi connectivity index (χ1v) is 6.42. The molecule has 1 atom stereocenters. The van der Waals surface area contributed by atoms with E-state index in [9.17, 15) is 9.90 Å². The Kier molecular flexibility index (Phi) is 4.40. The Morgan fingerprint density at radius 3 is 2.50 bits per heavy atom. The number of aryl methyl sites for hydroxylation is 1. The first-order valence-electron chi connectivity index (χ1n) is 6.42. The molecule has 1 N–H and O–H groups in total. The Hall–Kier alpha value is -2.30. The Morgan fingerprint density at radius 2 is 2.00 bits per heavy atom. The molecule has 1 heterocycles.